The highest BCUT2D eigenvalue weighted by molar-refractivity contribution is 5.90. The summed E-state index contributed by atoms with van der Waals surface area (Å²) >= 11 is 0. The molecule has 1 saturated carbocycles. The standard InChI is InChI=1S/C18H28N2O/c1-4-15-6-5-7-16(11-9-15)20-17-10-8-13(2)18(12-17)19-14(3)21/h8,10,12,15-16,20H,4-7,9,11H2,1-3H3,(H,19,21). The summed E-state index contributed by atoms with van der Waals surface area (Å²) in [5.74, 6) is 0.889. The average molecular weight is 288 g/mol. The number of anilines is 2. The summed E-state index contributed by atoms with van der Waals surface area (Å²) in [6.07, 6.45) is 7.84. The molecule has 3 heteroatoms. The van der Waals surface area contributed by atoms with E-state index in [1.54, 1.807) is 6.92 Å². The van der Waals surface area contributed by atoms with Crippen LogP contribution < -0.4 is 10.6 Å². The number of carbonyl (C=O) groups excluding carboxylic acids is 1. The van der Waals surface area contributed by atoms with E-state index in [0.717, 1.165) is 22.9 Å². The molecular weight excluding hydrogens is 260 g/mol. The van der Waals surface area contributed by atoms with Gasteiger partial charge in [-0.2, -0.15) is 0 Å². The maximum atomic E-state index is 11.2. The second kappa shape index (κ2) is 7.48. The second-order valence-electron chi connectivity index (χ2n) is 6.33. The van der Waals surface area contributed by atoms with E-state index in [1.807, 2.05) is 6.92 Å². The molecule has 3 nitrogen and oxygen atoms in total. The first kappa shape index (κ1) is 15.9. The van der Waals surface area contributed by atoms with Gasteiger partial charge in [-0.3, -0.25) is 4.79 Å². The summed E-state index contributed by atoms with van der Waals surface area (Å²) in [5, 5.41) is 6.56. The Balaban J connectivity index is 2.00. The van der Waals surface area contributed by atoms with Gasteiger partial charge in [0.2, 0.25) is 5.91 Å². The SMILES string of the molecule is CCC1CCCC(Nc2ccc(C)c(NC(C)=O)c2)CC1. The van der Waals surface area contributed by atoms with E-state index in [9.17, 15) is 4.79 Å². The number of benzene rings is 1. The summed E-state index contributed by atoms with van der Waals surface area (Å²) in [6.45, 7) is 5.88. The molecule has 21 heavy (non-hydrogen) atoms. The first-order valence-electron chi connectivity index (χ1n) is 8.23. The molecule has 2 rings (SSSR count). The van der Waals surface area contributed by atoms with Gasteiger partial charge in [-0.15, -0.1) is 0 Å². The minimum Gasteiger partial charge on any atom is -0.382 e. The maximum absolute atomic E-state index is 11.2. The van der Waals surface area contributed by atoms with Crippen LogP contribution in [0.15, 0.2) is 18.2 Å². The maximum Gasteiger partial charge on any atom is 0.221 e. The predicted molar refractivity (Wildman–Crippen MR) is 89.8 cm³/mol. The van der Waals surface area contributed by atoms with E-state index in [4.69, 9.17) is 0 Å². The van der Waals surface area contributed by atoms with Crippen molar-refractivity contribution in [3.05, 3.63) is 23.8 Å². The molecule has 1 aliphatic carbocycles. The number of rotatable bonds is 4. The van der Waals surface area contributed by atoms with Crippen LogP contribution in [0.1, 0.15) is 57.9 Å². The van der Waals surface area contributed by atoms with Crippen LogP contribution in [0.25, 0.3) is 0 Å². The fourth-order valence-corrected chi connectivity index (χ4v) is 3.20. The highest BCUT2D eigenvalue weighted by Gasteiger charge is 2.17. The van der Waals surface area contributed by atoms with Crippen LogP contribution in [0.3, 0.4) is 0 Å². The van der Waals surface area contributed by atoms with Crippen molar-refractivity contribution < 1.29 is 4.79 Å². The van der Waals surface area contributed by atoms with E-state index in [0.29, 0.717) is 6.04 Å². The van der Waals surface area contributed by atoms with Crippen molar-refractivity contribution >= 4 is 17.3 Å². The van der Waals surface area contributed by atoms with Crippen molar-refractivity contribution in [2.24, 2.45) is 5.92 Å². The number of nitrogens with one attached hydrogen (secondary N) is 2. The third-order valence-electron chi connectivity index (χ3n) is 4.58. The summed E-state index contributed by atoms with van der Waals surface area (Å²) < 4.78 is 0. The Morgan fingerprint density at radius 2 is 2.05 bits per heavy atom. The van der Waals surface area contributed by atoms with Crippen molar-refractivity contribution in [1.29, 1.82) is 0 Å². The molecule has 0 aliphatic heterocycles. The number of carbonyl (C=O) groups is 1. The molecular formula is C18H28N2O. The van der Waals surface area contributed by atoms with Crippen LogP contribution in [-0.2, 0) is 4.79 Å². The van der Waals surface area contributed by atoms with Crippen molar-refractivity contribution in [2.45, 2.75) is 65.3 Å². The number of hydrogen-bond acceptors (Lipinski definition) is 2. The molecule has 1 aromatic carbocycles. The molecule has 0 aromatic heterocycles. The van der Waals surface area contributed by atoms with E-state index in [1.165, 1.54) is 38.5 Å². The molecule has 0 bridgehead atoms. The molecule has 2 unspecified atom stereocenters. The van der Waals surface area contributed by atoms with Crippen molar-refractivity contribution in [2.75, 3.05) is 10.6 Å². The van der Waals surface area contributed by atoms with Crippen LogP contribution in [-0.4, -0.2) is 11.9 Å². The van der Waals surface area contributed by atoms with Gasteiger partial charge in [0.05, 0.1) is 0 Å². The Hall–Kier alpha value is -1.51. The fraction of sp³-hybridized carbons (Fsp3) is 0.611. The largest absolute Gasteiger partial charge is 0.382 e. The molecule has 0 spiro atoms. The third kappa shape index (κ3) is 4.76. The highest BCUT2D eigenvalue weighted by atomic mass is 16.1. The smallest absolute Gasteiger partial charge is 0.221 e. The quantitative estimate of drug-likeness (QED) is 0.787. The van der Waals surface area contributed by atoms with Gasteiger partial charge in [0.15, 0.2) is 0 Å². The molecule has 0 radical (unpaired) electrons. The van der Waals surface area contributed by atoms with Crippen LogP contribution in [0.4, 0.5) is 11.4 Å². The Morgan fingerprint density at radius 1 is 1.24 bits per heavy atom. The normalized spacial score (nSPS) is 22.4. The average Bonchev–Trinajstić information content (AvgIpc) is 2.67. The zero-order valence-electron chi connectivity index (χ0n) is 13.5. The molecule has 1 amide bonds. The number of amides is 1. The molecule has 1 aromatic rings. The Morgan fingerprint density at radius 3 is 2.76 bits per heavy atom. The zero-order chi connectivity index (χ0) is 15.2. The van der Waals surface area contributed by atoms with Gasteiger partial charge in [0, 0.05) is 24.3 Å². The Kier molecular flexibility index (Phi) is 5.66. The third-order valence-corrected chi connectivity index (χ3v) is 4.58. The topological polar surface area (TPSA) is 41.1 Å². The molecule has 2 atom stereocenters. The van der Waals surface area contributed by atoms with Crippen LogP contribution >= 0.6 is 0 Å². The van der Waals surface area contributed by atoms with E-state index < -0.39 is 0 Å². The monoisotopic (exact) mass is 288 g/mol. The lowest BCUT2D eigenvalue weighted by Crippen LogP contribution is -2.18. The molecule has 1 fully saturated rings. The number of hydrogen-bond donors (Lipinski definition) is 2. The van der Waals surface area contributed by atoms with Crippen molar-refractivity contribution in [3.63, 3.8) is 0 Å². The summed E-state index contributed by atoms with van der Waals surface area (Å²) in [5.41, 5.74) is 3.12. The molecule has 0 heterocycles. The van der Waals surface area contributed by atoms with E-state index in [2.05, 4.69) is 35.8 Å². The Labute approximate surface area is 128 Å². The van der Waals surface area contributed by atoms with Gasteiger partial charge in [-0.25, -0.2) is 0 Å². The summed E-state index contributed by atoms with van der Waals surface area (Å²) in [6, 6.07) is 6.80. The lowest BCUT2D eigenvalue weighted by atomic mass is 9.98. The van der Waals surface area contributed by atoms with Crippen LogP contribution in [0.2, 0.25) is 0 Å². The van der Waals surface area contributed by atoms with Crippen LogP contribution in [0.5, 0.6) is 0 Å². The fourth-order valence-electron chi connectivity index (χ4n) is 3.20. The molecule has 116 valence electrons. The van der Waals surface area contributed by atoms with Crippen molar-refractivity contribution in [3.8, 4) is 0 Å². The van der Waals surface area contributed by atoms with Gasteiger partial charge >= 0.3 is 0 Å². The molecule has 2 N–H and O–H groups in total. The molecule has 1 aliphatic rings. The second-order valence-corrected chi connectivity index (χ2v) is 6.33. The lowest BCUT2D eigenvalue weighted by molar-refractivity contribution is -0.114. The first-order chi connectivity index (χ1) is 10.1. The van der Waals surface area contributed by atoms with Crippen LogP contribution in [0, 0.1) is 12.8 Å². The number of aryl methyl sites for hydroxylation is 1. The highest BCUT2D eigenvalue weighted by Crippen LogP contribution is 2.28. The Bertz CT molecular complexity index is 484. The predicted octanol–water partition coefficient (Wildman–Crippen LogP) is 4.72. The minimum atomic E-state index is -0.0181. The lowest BCUT2D eigenvalue weighted by Gasteiger charge is -2.19. The summed E-state index contributed by atoms with van der Waals surface area (Å²) in [4.78, 5) is 11.2. The van der Waals surface area contributed by atoms with Crippen molar-refractivity contribution in [1.82, 2.24) is 0 Å². The van der Waals surface area contributed by atoms with Gasteiger partial charge in [0.1, 0.15) is 0 Å². The van der Waals surface area contributed by atoms with Gasteiger partial charge < -0.3 is 10.6 Å². The van der Waals surface area contributed by atoms with Gasteiger partial charge in [-0.05, 0) is 49.8 Å². The minimum absolute atomic E-state index is 0.0181. The van der Waals surface area contributed by atoms with Gasteiger partial charge in [0.25, 0.3) is 0 Å². The van der Waals surface area contributed by atoms with E-state index in [-0.39, 0.29) is 5.91 Å². The van der Waals surface area contributed by atoms with Gasteiger partial charge in [-0.1, -0.05) is 32.3 Å². The zero-order valence-corrected chi connectivity index (χ0v) is 13.5. The first-order valence-corrected chi connectivity index (χ1v) is 8.23. The molecule has 0 saturated heterocycles. The van der Waals surface area contributed by atoms with E-state index >= 15 is 0 Å². The summed E-state index contributed by atoms with van der Waals surface area (Å²) in [7, 11) is 0.